The standard InChI is InChI=1S/C21H25NO3/c1-24-19-10-8-17(9-11-19)21(23)22-13-12-20(25-2)18(15-22)14-16-6-4-3-5-7-16/h3-11,18,20H,12-15H2,1-2H3/t18-,20-/m1/s1. The number of hydrogen-bond donors (Lipinski definition) is 0. The van der Waals surface area contributed by atoms with Gasteiger partial charge >= 0.3 is 0 Å². The number of likely N-dealkylation sites (tertiary alicyclic amines) is 1. The van der Waals surface area contributed by atoms with Gasteiger partial charge in [-0.3, -0.25) is 4.79 Å². The van der Waals surface area contributed by atoms with Gasteiger partial charge in [0.2, 0.25) is 0 Å². The van der Waals surface area contributed by atoms with Gasteiger partial charge in [0.1, 0.15) is 5.75 Å². The van der Waals surface area contributed by atoms with Crippen LogP contribution in [0.3, 0.4) is 0 Å². The zero-order chi connectivity index (χ0) is 17.6. The van der Waals surface area contributed by atoms with E-state index in [0.29, 0.717) is 11.5 Å². The summed E-state index contributed by atoms with van der Waals surface area (Å²) in [6.45, 7) is 1.45. The van der Waals surface area contributed by atoms with Crippen LogP contribution in [0.2, 0.25) is 0 Å². The molecule has 0 aromatic heterocycles. The van der Waals surface area contributed by atoms with Crippen molar-refractivity contribution in [1.82, 2.24) is 4.90 Å². The minimum atomic E-state index is 0.0790. The number of carbonyl (C=O) groups is 1. The minimum Gasteiger partial charge on any atom is -0.497 e. The summed E-state index contributed by atoms with van der Waals surface area (Å²) in [4.78, 5) is 14.8. The first-order valence-corrected chi connectivity index (χ1v) is 8.71. The molecule has 1 amide bonds. The van der Waals surface area contributed by atoms with Crippen molar-refractivity contribution in [1.29, 1.82) is 0 Å². The maximum Gasteiger partial charge on any atom is 0.253 e. The number of amides is 1. The van der Waals surface area contributed by atoms with Crippen LogP contribution in [0.15, 0.2) is 54.6 Å². The quantitative estimate of drug-likeness (QED) is 0.838. The van der Waals surface area contributed by atoms with Crippen LogP contribution < -0.4 is 4.74 Å². The monoisotopic (exact) mass is 339 g/mol. The van der Waals surface area contributed by atoms with Crippen LogP contribution in [0, 0.1) is 5.92 Å². The van der Waals surface area contributed by atoms with Crippen LogP contribution >= 0.6 is 0 Å². The first kappa shape index (κ1) is 17.5. The Balaban J connectivity index is 1.71. The molecule has 4 nitrogen and oxygen atoms in total. The molecule has 0 N–H and O–H groups in total. The zero-order valence-electron chi connectivity index (χ0n) is 14.9. The molecule has 0 spiro atoms. The molecule has 2 aromatic rings. The summed E-state index contributed by atoms with van der Waals surface area (Å²) in [5.74, 6) is 1.15. The van der Waals surface area contributed by atoms with Crippen molar-refractivity contribution in [3.05, 3.63) is 65.7 Å². The molecule has 3 rings (SSSR count). The third-order valence-electron chi connectivity index (χ3n) is 4.93. The van der Waals surface area contributed by atoms with E-state index in [0.717, 1.165) is 31.7 Å². The number of nitrogens with zero attached hydrogens (tertiary/aromatic N) is 1. The maximum absolute atomic E-state index is 12.8. The molecule has 1 aliphatic rings. The van der Waals surface area contributed by atoms with Crippen molar-refractivity contribution in [3.8, 4) is 5.75 Å². The first-order valence-electron chi connectivity index (χ1n) is 8.71. The Labute approximate surface area is 149 Å². The predicted octanol–water partition coefficient (Wildman–Crippen LogP) is 3.42. The first-order chi connectivity index (χ1) is 12.2. The highest BCUT2D eigenvalue weighted by atomic mass is 16.5. The number of hydrogen-bond acceptors (Lipinski definition) is 3. The van der Waals surface area contributed by atoms with Gasteiger partial charge in [-0.15, -0.1) is 0 Å². The van der Waals surface area contributed by atoms with E-state index in [1.54, 1.807) is 14.2 Å². The van der Waals surface area contributed by atoms with Gasteiger partial charge < -0.3 is 14.4 Å². The number of ether oxygens (including phenoxy) is 2. The number of piperidine rings is 1. The number of methoxy groups -OCH3 is 2. The van der Waals surface area contributed by atoms with Gasteiger partial charge in [0, 0.05) is 31.7 Å². The lowest BCUT2D eigenvalue weighted by atomic mass is 9.88. The van der Waals surface area contributed by atoms with Crippen LogP contribution in [0.25, 0.3) is 0 Å². The zero-order valence-corrected chi connectivity index (χ0v) is 14.9. The molecule has 0 bridgehead atoms. The molecule has 1 saturated heterocycles. The molecule has 25 heavy (non-hydrogen) atoms. The minimum absolute atomic E-state index is 0.0790. The number of benzene rings is 2. The molecule has 0 saturated carbocycles. The summed E-state index contributed by atoms with van der Waals surface area (Å²) in [6, 6.07) is 17.7. The third-order valence-corrected chi connectivity index (χ3v) is 4.93. The van der Waals surface area contributed by atoms with Crippen LogP contribution in [0.5, 0.6) is 5.75 Å². The van der Waals surface area contributed by atoms with Crippen molar-refractivity contribution >= 4 is 5.91 Å². The second-order valence-corrected chi connectivity index (χ2v) is 6.49. The predicted molar refractivity (Wildman–Crippen MR) is 97.9 cm³/mol. The molecule has 132 valence electrons. The summed E-state index contributed by atoms with van der Waals surface area (Å²) in [5, 5.41) is 0. The van der Waals surface area contributed by atoms with E-state index in [4.69, 9.17) is 9.47 Å². The summed E-state index contributed by atoms with van der Waals surface area (Å²) in [6.07, 6.45) is 1.99. The Kier molecular flexibility index (Phi) is 5.71. The molecular weight excluding hydrogens is 314 g/mol. The van der Waals surface area contributed by atoms with Gasteiger partial charge in [-0.2, -0.15) is 0 Å². The normalized spacial score (nSPS) is 20.3. The third kappa shape index (κ3) is 4.20. The number of carbonyl (C=O) groups excluding carboxylic acids is 1. The van der Waals surface area contributed by atoms with E-state index < -0.39 is 0 Å². The van der Waals surface area contributed by atoms with Gasteiger partial charge in [-0.1, -0.05) is 30.3 Å². The van der Waals surface area contributed by atoms with Crippen molar-refractivity contribution in [2.45, 2.75) is 18.9 Å². The Morgan fingerprint density at radius 1 is 1.08 bits per heavy atom. The molecular formula is C21H25NO3. The van der Waals surface area contributed by atoms with Gasteiger partial charge in [0.15, 0.2) is 0 Å². The highest BCUT2D eigenvalue weighted by Crippen LogP contribution is 2.25. The number of rotatable bonds is 5. The Morgan fingerprint density at radius 3 is 2.44 bits per heavy atom. The van der Waals surface area contributed by atoms with Gasteiger partial charge in [0.25, 0.3) is 5.91 Å². The van der Waals surface area contributed by atoms with Gasteiger partial charge in [-0.25, -0.2) is 0 Å². The van der Waals surface area contributed by atoms with Crippen LogP contribution in [0.4, 0.5) is 0 Å². The molecule has 2 aromatic carbocycles. The lowest BCUT2D eigenvalue weighted by molar-refractivity contribution is -0.00299. The maximum atomic E-state index is 12.8. The molecule has 1 fully saturated rings. The van der Waals surface area contributed by atoms with E-state index >= 15 is 0 Å². The van der Waals surface area contributed by atoms with Crippen LogP contribution in [-0.2, 0) is 11.2 Å². The lowest BCUT2D eigenvalue weighted by Gasteiger charge is -2.38. The molecule has 4 heteroatoms. The Hall–Kier alpha value is -2.33. The molecule has 1 aliphatic heterocycles. The molecule has 0 radical (unpaired) electrons. The van der Waals surface area contributed by atoms with E-state index in [2.05, 4.69) is 24.3 Å². The van der Waals surface area contributed by atoms with Gasteiger partial charge in [-0.05, 0) is 42.7 Å². The van der Waals surface area contributed by atoms with Crippen molar-refractivity contribution in [2.75, 3.05) is 27.3 Å². The largest absolute Gasteiger partial charge is 0.497 e. The Bertz CT molecular complexity index is 684. The summed E-state index contributed by atoms with van der Waals surface area (Å²) in [5.41, 5.74) is 1.99. The molecule has 0 aliphatic carbocycles. The van der Waals surface area contributed by atoms with Crippen molar-refractivity contribution < 1.29 is 14.3 Å². The average Bonchev–Trinajstić information content (AvgIpc) is 2.68. The summed E-state index contributed by atoms with van der Waals surface area (Å²) < 4.78 is 10.9. The molecule has 0 unspecified atom stereocenters. The summed E-state index contributed by atoms with van der Waals surface area (Å²) in [7, 11) is 3.39. The van der Waals surface area contributed by atoms with Crippen LogP contribution in [-0.4, -0.2) is 44.2 Å². The highest BCUT2D eigenvalue weighted by Gasteiger charge is 2.32. The van der Waals surface area contributed by atoms with E-state index in [-0.39, 0.29) is 12.0 Å². The SMILES string of the molecule is COc1ccc(C(=O)N2CC[C@@H](OC)[C@H](Cc3ccccc3)C2)cc1. The second kappa shape index (κ2) is 8.17. The van der Waals surface area contributed by atoms with E-state index in [9.17, 15) is 4.79 Å². The fraction of sp³-hybridized carbons (Fsp3) is 0.381. The van der Waals surface area contributed by atoms with E-state index in [1.165, 1.54) is 5.56 Å². The smallest absolute Gasteiger partial charge is 0.253 e. The molecule has 2 atom stereocenters. The lowest BCUT2D eigenvalue weighted by Crippen LogP contribution is -2.47. The molecule has 1 heterocycles. The van der Waals surface area contributed by atoms with Crippen molar-refractivity contribution in [3.63, 3.8) is 0 Å². The second-order valence-electron chi connectivity index (χ2n) is 6.49. The fourth-order valence-electron chi connectivity index (χ4n) is 3.53. The van der Waals surface area contributed by atoms with Gasteiger partial charge in [0.05, 0.1) is 13.2 Å². The highest BCUT2D eigenvalue weighted by molar-refractivity contribution is 5.94. The topological polar surface area (TPSA) is 38.8 Å². The van der Waals surface area contributed by atoms with Crippen LogP contribution in [0.1, 0.15) is 22.3 Å². The Morgan fingerprint density at radius 2 is 1.80 bits per heavy atom. The average molecular weight is 339 g/mol. The van der Waals surface area contributed by atoms with E-state index in [1.807, 2.05) is 35.2 Å². The summed E-state index contributed by atoms with van der Waals surface area (Å²) >= 11 is 0. The fourth-order valence-corrected chi connectivity index (χ4v) is 3.53. The van der Waals surface area contributed by atoms with Crippen molar-refractivity contribution in [2.24, 2.45) is 5.92 Å².